The Bertz CT molecular complexity index is 1410. The average molecular weight is 553 g/mol. The second-order valence-corrected chi connectivity index (χ2v) is 11.0. The molecule has 0 saturated heterocycles. The van der Waals surface area contributed by atoms with Gasteiger partial charge in [-0.3, -0.25) is 9.59 Å². The number of rotatable bonds is 8. The zero-order chi connectivity index (χ0) is 27.4. The molecule has 0 aliphatic heterocycles. The molecule has 0 spiro atoms. The Balaban J connectivity index is 1.69. The number of hydrogen-bond donors (Lipinski definition) is 1. The highest BCUT2D eigenvalue weighted by Gasteiger charge is 2.34. The molecule has 0 aliphatic rings. The largest absolute Gasteiger partial charge is 0.416 e. The van der Waals surface area contributed by atoms with E-state index in [0.717, 1.165) is 11.0 Å². The van der Waals surface area contributed by atoms with Crippen molar-refractivity contribution in [3.63, 3.8) is 0 Å². The first-order valence-electron chi connectivity index (χ1n) is 11.1. The zero-order valence-electron chi connectivity index (χ0n) is 20.0. The van der Waals surface area contributed by atoms with Crippen molar-refractivity contribution in [1.82, 2.24) is 10.2 Å². The molecule has 3 aromatic rings. The lowest BCUT2D eigenvalue weighted by atomic mass is 10.1. The average Bonchev–Trinajstić information content (AvgIpc) is 2.87. The molecule has 3 rings (SSSR count). The molecule has 0 heterocycles. The summed E-state index contributed by atoms with van der Waals surface area (Å²) in [5.74, 6) is -1.05. The monoisotopic (exact) mass is 552 g/mol. The minimum atomic E-state index is -4.63. The first-order chi connectivity index (χ1) is 17.3. The predicted octanol–water partition coefficient (Wildman–Crippen LogP) is 5.35. The number of carbonyl (C=O) groups is 2. The molecule has 0 atom stereocenters. The molecule has 196 valence electrons. The van der Waals surface area contributed by atoms with Gasteiger partial charge in [0.1, 0.15) is 0 Å². The van der Waals surface area contributed by atoms with E-state index >= 15 is 0 Å². The number of nitrogens with zero attached hydrogens (tertiary/aromatic N) is 1. The second kappa shape index (κ2) is 11.4. The summed E-state index contributed by atoms with van der Waals surface area (Å²) in [6, 6.07) is 15.3. The fraction of sp³-hybridized carbons (Fsp3) is 0.231. The van der Waals surface area contributed by atoms with Crippen molar-refractivity contribution in [3.05, 3.63) is 99.6 Å². The van der Waals surface area contributed by atoms with E-state index in [-0.39, 0.29) is 45.5 Å². The predicted molar refractivity (Wildman–Crippen MR) is 134 cm³/mol. The summed E-state index contributed by atoms with van der Waals surface area (Å²) in [4.78, 5) is 26.9. The van der Waals surface area contributed by atoms with Crippen LogP contribution < -0.4 is 5.32 Å². The second-order valence-electron chi connectivity index (χ2n) is 8.27. The van der Waals surface area contributed by atoms with Gasteiger partial charge in [-0.05, 0) is 53.6 Å². The highest BCUT2D eigenvalue weighted by molar-refractivity contribution is 7.91. The van der Waals surface area contributed by atoms with Gasteiger partial charge in [-0.2, -0.15) is 13.2 Å². The van der Waals surface area contributed by atoms with Crippen molar-refractivity contribution in [2.75, 3.05) is 12.8 Å². The Labute approximate surface area is 218 Å². The molecule has 0 fully saturated rings. The van der Waals surface area contributed by atoms with Crippen LogP contribution in [-0.4, -0.2) is 37.9 Å². The molecule has 0 aromatic heterocycles. The van der Waals surface area contributed by atoms with Crippen LogP contribution in [0.4, 0.5) is 13.2 Å². The fourth-order valence-electron chi connectivity index (χ4n) is 3.56. The zero-order valence-corrected chi connectivity index (χ0v) is 21.5. The van der Waals surface area contributed by atoms with Crippen LogP contribution in [0.15, 0.2) is 71.6 Å². The van der Waals surface area contributed by atoms with Crippen molar-refractivity contribution in [3.8, 4) is 0 Å². The third kappa shape index (κ3) is 7.11. The normalized spacial score (nSPS) is 11.7. The Hall–Kier alpha value is -3.37. The maximum atomic E-state index is 13.4. The summed E-state index contributed by atoms with van der Waals surface area (Å²) >= 11 is 5.72. The van der Waals surface area contributed by atoms with Crippen molar-refractivity contribution >= 4 is 33.3 Å². The maximum Gasteiger partial charge on any atom is 0.416 e. The lowest BCUT2D eigenvalue weighted by Gasteiger charge is -2.21. The number of benzene rings is 3. The van der Waals surface area contributed by atoms with Crippen LogP contribution in [0.5, 0.6) is 0 Å². The molecular formula is C26H24ClF3N2O4S. The number of carbonyl (C=O) groups excluding carboxylic acids is 2. The van der Waals surface area contributed by atoms with E-state index in [1.807, 2.05) is 0 Å². The van der Waals surface area contributed by atoms with E-state index in [0.29, 0.717) is 5.56 Å². The quantitative estimate of drug-likeness (QED) is 0.408. The van der Waals surface area contributed by atoms with Crippen LogP contribution in [0.3, 0.4) is 0 Å². The van der Waals surface area contributed by atoms with Gasteiger partial charge in [0.25, 0.3) is 11.8 Å². The van der Waals surface area contributed by atoms with Crippen LogP contribution in [0.1, 0.15) is 44.3 Å². The van der Waals surface area contributed by atoms with E-state index in [1.54, 1.807) is 19.1 Å². The molecule has 0 unspecified atom stereocenters. The van der Waals surface area contributed by atoms with Crippen LogP contribution in [-0.2, 0) is 29.1 Å². The van der Waals surface area contributed by atoms with Crippen molar-refractivity contribution < 1.29 is 31.2 Å². The lowest BCUT2D eigenvalue weighted by Crippen LogP contribution is -2.28. The van der Waals surface area contributed by atoms with E-state index in [9.17, 15) is 31.2 Å². The molecule has 0 saturated carbocycles. The highest BCUT2D eigenvalue weighted by Crippen LogP contribution is 2.34. The summed E-state index contributed by atoms with van der Waals surface area (Å²) in [5, 5.41) is 2.64. The van der Waals surface area contributed by atoms with Gasteiger partial charge in [0.2, 0.25) is 0 Å². The van der Waals surface area contributed by atoms with Crippen LogP contribution in [0, 0.1) is 0 Å². The maximum absolute atomic E-state index is 13.4. The summed E-state index contributed by atoms with van der Waals surface area (Å²) < 4.78 is 64.0. The Kier molecular flexibility index (Phi) is 8.65. The molecule has 0 aliphatic carbocycles. The van der Waals surface area contributed by atoms with Crippen LogP contribution in [0.25, 0.3) is 0 Å². The van der Waals surface area contributed by atoms with Gasteiger partial charge in [0.05, 0.1) is 16.2 Å². The number of sulfone groups is 1. The van der Waals surface area contributed by atoms with E-state index < -0.39 is 33.4 Å². The Morgan fingerprint density at radius 2 is 1.62 bits per heavy atom. The van der Waals surface area contributed by atoms with Crippen LogP contribution in [0.2, 0.25) is 5.02 Å². The van der Waals surface area contributed by atoms with Crippen molar-refractivity contribution in [2.24, 2.45) is 0 Å². The van der Waals surface area contributed by atoms with Gasteiger partial charge in [0.15, 0.2) is 9.84 Å². The van der Waals surface area contributed by atoms with Crippen LogP contribution >= 0.6 is 11.6 Å². The lowest BCUT2D eigenvalue weighted by molar-refractivity contribution is -0.138. The van der Waals surface area contributed by atoms with Crippen molar-refractivity contribution in [1.29, 1.82) is 0 Å². The SMILES string of the molecule is CCS(=O)(=O)c1ccc(CNC(=O)c2cccc(C(=O)N(C)Cc3ccc(Cl)cc3C(F)(F)F)c2)cc1. The van der Waals surface area contributed by atoms with E-state index in [1.165, 1.54) is 55.6 Å². The topological polar surface area (TPSA) is 83.5 Å². The number of alkyl halides is 3. The molecule has 11 heteroatoms. The number of hydrogen-bond acceptors (Lipinski definition) is 4. The minimum Gasteiger partial charge on any atom is -0.348 e. The fourth-order valence-corrected chi connectivity index (χ4v) is 4.61. The standard InChI is InChI=1S/C26H24ClF3N2O4S/c1-3-37(35,36)22-11-7-17(8-12-22)15-31-24(33)18-5-4-6-19(13-18)25(34)32(2)16-20-9-10-21(27)14-23(20)26(28,29)30/h4-14H,3,15-16H2,1-2H3,(H,31,33). The molecule has 2 amide bonds. The van der Waals surface area contributed by atoms with Gasteiger partial charge >= 0.3 is 6.18 Å². The van der Waals surface area contributed by atoms with Gasteiger partial charge < -0.3 is 10.2 Å². The Morgan fingerprint density at radius 1 is 0.973 bits per heavy atom. The first-order valence-corrected chi connectivity index (χ1v) is 13.2. The molecule has 37 heavy (non-hydrogen) atoms. The summed E-state index contributed by atoms with van der Waals surface area (Å²) in [5.41, 5.74) is -0.0370. The number of nitrogens with one attached hydrogen (secondary N) is 1. The van der Waals surface area contributed by atoms with Gasteiger partial charge in [0, 0.05) is 36.3 Å². The van der Waals surface area contributed by atoms with E-state index in [2.05, 4.69) is 5.32 Å². The molecule has 0 radical (unpaired) electrons. The third-order valence-corrected chi connectivity index (χ3v) is 7.60. The Morgan fingerprint density at radius 3 is 2.24 bits per heavy atom. The molecule has 3 aromatic carbocycles. The molecule has 0 bridgehead atoms. The summed E-state index contributed by atoms with van der Waals surface area (Å²) in [6.07, 6.45) is -4.63. The van der Waals surface area contributed by atoms with Gasteiger partial charge in [-0.15, -0.1) is 0 Å². The van der Waals surface area contributed by atoms with E-state index in [4.69, 9.17) is 11.6 Å². The summed E-state index contributed by atoms with van der Waals surface area (Å²) in [7, 11) is -1.96. The summed E-state index contributed by atoms with van der Waals surface area (Å²) in [6.45, 7) is 1.36. The van der Waals surface area contributed by atoms with Gasteiger partial charge in [-0.1, -0.05) is 42.8 Å². The first kappa shape index (κ1) is 28.2. The number of halogens is 4. The van der Waals surface area contributed by atoms with Crippen molar-refractivity contribution in [2.45, 2.75) is 31.1 Å². The minimum absolute atomic E-state index is 0.0173. The molecule has 6 nitrogen and oxygen atoms in total. The third-order valence-electron chi connectivity index (χ3n) is 5.62. The van der Waals surface area contributed by atoms with Gasteiger partial charge in [-0.25, -0.2) is 8.42 Å². The smallest absolute Gasteiger partial charge is 0.348 e. The highest BCUT2D eigenvalue weighted by atomic mass is 35.5. The number of amides is 2. The molecule has 1 N–H and O–H groups in total. The molecular weight excluding hydrogens is 529 g/mol.